The molecule has 0 radical (unpaired) electrons. The Morgan fingerprint density at radius 1 is 1.24 bits per heavy atom. The summed E-state index contributed by atoms with van der Waals surface area (Å²) < 4.78 is 1.85. The Morgan fingerprint density at radius 2 is 1.94 bits per heavy atom. The number of benzene rings is 1. The maximum Gasteiger partial charge on any atom is 0.150 e. The fourth-order valence-electron chi connectivity index (χ4n) is 1.88. The quantitative estimate of drug-likeness (QED) is 0.864. The second kappa shape index (κ2) is 5.10. The number of hydrogen-bond acceptors (Lipinski definition) is 3. The van der Waals surface area contributed by atoms with E-state index in [0.717, 1.165) is 24.5 Å². The molecule has 2 rings (SSSR count). The summed E-state index contributed by atoms with van der Waals surface area (Å²) in [6.07, 6.45) is 1.66. The van der Waals surface area contributed by atoms with E-state index in [9.17, 15) is 0 Å². The molecule has 4 nitrogen and oxygen atoms in total. The highest BCUT2D eigenvalue weighted by atomic mass is 15.3. The van der Waals surface area contributed by atoms with Gasteiger partial charge in [-0.2, -0.15) is 5.10 Å². The zero-order chi connectivity index (χ0) is 12.3. The lowest BCUT2D eigenvalue weighted by Gasteiger charge is -2.06. The maximum atomic E-state index is 5.73. The van der Waals surface area contributed by atoms with Crippen molar-refractivity contribution >= 4 is 0 Å². The van der Waals surface area contributed by atoms with Crippen LogP contribution in [0.4, 0.5) is 0 Å². The molecule has 0 atom stereocenters. The first-order valence-corrected chi connectivity index (χ1v) is 5.90. The summed E-state index contributed by atoms with van der Waals surface area (Å²) in [6.45, 7) is 2.63. The van der Waals surface area contributed by atoms with E-state index in [0.29, 0.717) is 6.54 Å². The predicted molar refractivity (Wildman–Crippen MR) is 67.5 cm³/mol. The molecule has 0 unspecified atom stereocenters. The van der Waals surface area contributed by atoms with Gasteiger partial charge in [-0.25, -0.2) is 4.98 Å². The van der Waals surface area contributed by atoms with Crippen molar-refractivity contribution in [1.82, 2.24) is 14.8 Å². The molecular weight excluding hydrogens is 212 g/mol. The summed E-state index contributed by atoms with van der Waals surface area (Å²) in [5.74, 6) is 1.88. The van der Waals surface area contributed by atoms with E-state index in [1.54, 1.807) is 0 Å². The van der Waals surface area contributed by atoms with Gasteiger partial charge in [0.2, 0.25) is 0 Å². The predicted octanol–water partition coefficient (Wildman–Crippen LogP) is 1.43. The van der Waals surface area contributed by atoms with Gasteiger partial charge >= 0.3 is 0 Å². The van der Waals surface area contributed by atoms with Gasteiger partial charge in [0.05, 0.1) is 0 Å². The normalized spacial score (nSPS) is 10.8. The monoisotopic (exact) mass is 230 g/mol. The molecule has 1 aromatic heterocycles. The summed E-state index contributed by atoms with van der Waals surface area (Å²) in [5, 5.41) is 4.36. The van der Waals surface area contributed by atoms with Crippen LogP contribution < -0.4 is 5.73 Å². The largest absolute Gasteiger partial charge is 0.326 e. The van der Waals surface area contributed by atoms with Gasteiger partial charge in [0.25, 0.3) is 0 Å². The van der Waals surface area contributed by atoms with Gasteiger partial charge in [0, 0.05) is 26.4 Å². The lowest BCUT2D eigenvalue weighted by molar-refractivity contribution is 0.706. The number of rotatable bonds is 4. The van der Waals surface area contributed by atoms with Crippen LogP contribution in [0.2, 0.25) is 0 Å². The van der Waals surface area contributed by atoms with Gasteiger partial charge in [0.15, 0.2) is 5.82 Å². The van der Waals surface area contributed by atoms with Gasteiger partial charge in [0.1, 0.15) is 5.82 Å². The lowest BCUT2D eigenvalue weighted by Crippen LogP contribution is -2.05. The third kappa shape index (κ3) is 2.53. The third-order valence-corrected chi connectivity index (χ3v) is 2.90. The molecule has 0 fully saturated rings. The number of nitrogens with zero attached hydrogens (tertiary/aromatic N) is 3. The van der Waals surface area contributed by atoms with Gasteiger partial charge in [-0.3, -0.25) is 4.68 Å². The molecule has 0 aliphatic rings. The van der Waals surface area contributed by atoms with E-state index in [1.807, 2.05) is 23.9 Å². The molecule has 0 bridgehead atoms. The number of aryl methyl sites for hydroxylation is 2. The molecule has 0 aliphatic carbocycles. The first-order chi connectivity index (χ1) is 8.24. The highest BCUT2D eigenvalue weighted by Crippen LogP contribution is 2.12. The third-order valence-electron chi connectivity index (χ3n) is 2.90. The number of aromatic nitrogens is 3. The van der Waals surface area contributed by atoms with E-state index < -0.39 is 0 Å². The molecule has 0 saturated heterocycles. The van der Waals surface area contributed by atoms with E-state index >= 15 is 0 Å². The van der Waals surface area contributed by atoms with Crippen LogP contribution >= 0.6 is 0 Å². The molecule has 2 N–H and O–H groups in total. The molecule has 0 aliphatic heterocycles. The fraction of sp³-hybridized carbons (Fsp3) is 0.385. The van der Waals surface area contributed by atoms with E-state index in [-0.39, 0.29) is 0 Å². The van der Waals surface area contributed by atoms with Crippen molar-refractivity contribution in [2.45, 2.75) is 26.3 Å². The van der Waals surface area contributed by atoms with Crippen LogP contribution in [0.15, 0.2) is 24.3 Å². The number of nitrogens with two attached hydrogens (primary N) is 1. The highest BCUT2D eigenvalue weighted by molar-refractivity contribution is 5.29. The molecule has 0 amide bonds. The van der Waals surface area contributed by atoms with Crippen LogP contribution in [-0.4, -0.2) is 14.8 Å². The Hall–Kier alpha value is -1.68. The van der Waals surface area contributed by atoms with Gasteiger partial charge in [-0.05, 0) is 11.1 Å². The van der Waals surface area contributed by atoms with Crippen molar-refractivity contribution in [1.29, 1.82) is 0 Å². The molecular formula is C13H18N4. The minimum Gasteiger partial charge on any atom is -0.326 e. The smallest absolute Gasteiger partial charge is 0.150 e. The van der Waals surface area contributed by atoms with E-state index in [4.69, 9.17) is 5.73 Å². The average Bonchev–Trinajstić information content (AvgIpc) is 2.71. The lowest BCUT2D eigenvalue weighted by atomic mass is 10.0. The van der Waals surface area contributed by atoms with Crippen LogP contribution in [0.3, 0.4) is 0 Å². The first-order valence-electron chi connectivity index (χ1n) is 5.90. The van der Waals surface area contributed by atoms with Crippen molar-refractivity contribution in [3.8, 4) is 0 Å². The Balaban J connectivity index is 2.27. The van der Waals surface area contributed by atoms with Crippen LogP contribution in [-0.2, 0) is 26.4 Å². The van der Waals surface area contributed by atoms with Crippen molar-refractivity contribution in [2.24, 2.45) is 12.8 Å². The number of hydrogen-bond donors (Lipinski definition) is 1. The summed E-state index contributed by atoms with van der Waals surface area (Å²) in [5.41, 5.74) is 8.14. The minimum absolute atomic E-state index is 0.564. The zero-order valence-electron chi connectivity index (χ0n) is 10.3. The Kier molecular flexibility index (Phi) is 3.54. The van der Waals surface area contributed by atoms with Gasteiger partial charge < -0.3 is 5.73 Å². The van der Waals surface area contributed by atoms with Crippen molar-refractivity contribution in [3.63, 3.8) is 0 Å². The first kappa shape index (κ1) is 11.8. The Morgan fingerprint density at radius 3 is 2.53 bits per heavy atom. The zero-order valence-corrected chi connectivity index (χ0v) is 10.3. The second-order valence-corrected chi connectivity index (χ2v) is 4.07. The van der Waals surface area contributed by atoms with Crippen LogP contribution in [0.5, 0.6) is 0 Å². The molecule has 90 valence electrons. The van der Waals surface area contributed by atoms with Gasteiger partial charge in [-0.1, -0.05) is 31.2 Å². The van der Waals surface area contributed by atoms with Crippen LogP contribution in [0, 0.1) is 0 Å². The Labute approximate surface area is 101 Å². The van der Waals surface area contributed by atoms with Crippen molar-refractivity contribution in [2.75, 3.05) is 0 Å². The highest BCUT2D eigenvalue weighted by Gasteiger charge is 2.08. The topological polar surface area (TPSA) is 56.7 Å². The SMILES string of the molecule is CCc1nc(Cc2ccccc2CN)n(C)n1. The van der Waals surface area contributed by atoms with E-state index in [1.165, 1.54) is 11.1 Å². The summed E-state index contributed by atoms with van der Waals surface area (Å²) in [6, 6.07) is 8.21. The molecule has 0 saturated carbocycles. The molecule has 17 heavy (non-hydrogen) atoms. The minimum atomic E-state index is 0.564. The van der Waals surface area contributed by atoms with E-state index in [2.05, 4.69) is 29.1 Å². The summed E-state index contributed by atoms with van der Waals surface area (Å²) in [4.78, 5) is 4.51. The average molecular weight is 230 g/mol. The molecule has 1 heterocycles. The van der Waals surface area contributed by atoms with Crippen LogP contribution in [0.25, 0.3) is 0 Å². The molecule has 1 aromatic carbocycles. The van der Waals surface area contributed by atoms with Crippen LogP contribution in [0.1, 0.15) is 29.7 Å². The standard InChI is InChI=1S/C13H18N4/c1-3-12-15-13(17(2)16-12)8-10-6-4-5-7-11(10)9-14/h4-7H,3,8-9,14H2,1-2H3. The van der Waals surface area contributed by atoms with Crippen molar-refractivity contribution in [3.05, 3.63) is 47.0 Å². The Bertz CT molecular complexity index is 502. The summed E-state index contributed by atoms with van der Waals surface area (Å²) in [7, 11) is 1.94. The second-order valence-electron chi connectivity index (χ2n) is 4.07. The fourth-order valence-corrected chi connectivity index (χ4v) is 1.88. The molecule has 4 heteroatoms. The maximum absolute atomic E-state index is 5.73. The molecule has 0 spiro atoms. The van der Waals surface area contributed by atoms with Crippen molar-refractivity contribution < 1.29 is 0 Å². The van der Waals surface area contributed by atoms with Gasteiger partial charge in [-0.15, -0.1) is 0 Å². The molecule has 2 aromatic rings. The summed E-state index contributed by atoms with van der Waals surface area (Å²) >= 11 is 0.